The van der Waals surface area contributed by atoms with Crippen LogP contribution in [0.2, 0.25) is 0 Å². The second kappa shape index (κ2) is 6.91. The number of hydrogen-bond acceptors (Lipinski definition) is 8. The molecule has 1 rings (SSSR count). The standard InChI is InChI=1S/C12H12FNO8/c1-21-11(17)6-3-7(13)5(4-8(6)14(19)20)9(15)10(16)12(18)22-2/h3-4,9-10,15-16H,1-2H3. The number of halogens is 1. The molecule has 1 aromatic rings. The van der Waals surface area contributed by atoms with Crippen LogP contribution < -0.4 is 0 Å². The molecule has 2 unspecified atom stereocenters. The minimum absolute atomic E-state index is 0.479. The molecule has 10 heteroatoms. The molecule has 0 fully saturated rings. The quantitative estimate of drug-likeness (QED) is 0.443. The van der Waals surface area contributed by atoms with E-state index in [0.717, 1.165) is 14.2 Å². The largest absolute Gasteiger partial charge is 0.467 e. The van der Waals surface area contributed by atoms with Gasteiger partial charge < -0.3 is 19.7 Å². The van der Waals surface area contributed by atoms with E-state index >= 15 is 0 Å². The fourth-order valence-corrected chi connectivity index (χ4v) is 1.65. The number of carbonyl (C=O) groups is 2. The van der Waals surface area contributed by atoms with E-state index in [1.807, 2.05) is 0 Å². The zero-order valence-corrected chi connectivity index (χ0v) is 11.5. The van der Waals surface area contributed by atoms with Gasteiger partial charge in [-0.15, -0.1) is 0 Å². The molecule has 120 valence electrons. The summed E-state index contributed by atoms with van der Waals surface area (Å²) in [6, 6.07) is 1.02. The average Bonchev–Trinajstić information content (AvgIpc) is 2.51. The van der Waals surface area contributed by atoms with Crippen molar-refractivity contribution in [2.24, 2.45) is 0 Å². The highest BCUT2D eigenvalue weighted by Crippen LogP contribution is 2.29. The van der Waals surface area contributed by atoms with Crippen molar-refractivity contribution in [1.82, 2.24) is 0 Å². The first-order valence-electron chi connectivity index (χ1n) is 5.74. The fourth-order valence-electron chi connectivity index (χ4n) is 1.65. The Kier molecular flexibility index (Phi) is 5.49. The second-order valence-corrected chi connectivity index (χ2v) is 4.05. The maximum Gasteiger partial charge on any atom is 0.344 e. The molecule has 0 aromatic heterocycles. The lowest BCUT2D eigenvalue weighted by atomic mass is 10.0. The Morgan fingerprint density at radius 3 is 2.32 bits per heavy atom. The number of ether oxygens (including phenoxy) is 2. The predicted octanol–water partition coefficient (Wildman–Crippen LogP) is 0.0878. The first-order chi connectivity index (χ1) is 10.2. The first kappa shape index (κ1) is 17.5. The molecule has 0 aliphatic carbocycles. The summed E-state index contributed by atoms with van der Waals surface area (Å²) in [4.78, 5) is 32.4. The number of esters is 2. The normalized spacial score (nSPS) is 13.1. The lowest BCUT2D eigenvalue weighted by Crippen LogP contribution is -2.29. The molecule has 0 bridgehead atoms. The van der Waals surface area contributed by atoms with E-state index in [2.05, 4.69) is 9.47 Å². The topological polar surface area (TPSA) is 136 Å². The SMILES string of the molecule is COC(=O)c1cc(F)c(C(O)C(O)C(=O)OC)cc1[N+](=O)[O-]. The van der Waals surface area contributed by atoms with Crippen LogP contribution in [0.1, 0.15) is 22.0 Å². The molecule has 9 nitrogen and oxygen atoms in total. The molecule has 0 spiro atoms. The van der Waals surface area contributed by atoms with Gasteiger partial charge >= 0.3 is 11.9 Å². The van der Waals surface area contributed by atoms with Gasteiger partial charge in [0, 0.05) is 11.6 Å². The molecule has 0 saturated carbocycles. The Morgan fingerprint density at radius 2 is 1.86 bits per heavy atom. The molecule has 2 atom stereocenters. The molecule has 2 N–H and O–H groups in total. The van der Waals surface area contributed by atoms with Crippen LogP contribution in [0.25, 0.3) is 0 Å². The van der Waals surface area contributed by atoms with Crippen LogP contribution in [-0.4, -0.2) is 47.4 Å². The molecule has 1 aromatic carbocycles. The van der Waals surface area contributed by atoms with Crippen molar-refractivity contribution in [1.29, 1.82) is 0 Å². The van der Waals surface area contributed by atoms with Crippen LogP contribution in [-0.2, 0) is 14.3 Å². The summed E-state index contributed by atoms with van der Waals surface area (Å²) in [5.74, 6) is -3.65. The van der Waals surface area contributed by atoms with Crippen LogP contribution in [0.15, 0.2) is 12.1 Å². The van der Waals surface area contributed by atoms with Crippen molar-refractivity contribution < 1.29 is 38.6 Å². The molecule has 0 aliphatic heterocycles. The van der Waals surface area contributed by atoms with E-state index in [1.54, 1.807) is 0 Å². The summed E-state index contributed by atoms with van der Waals surface area (Å²) in [6.07, 6.45) is -4.26. The van der Waals surface area contributed by atoms with Crippen molar-refractivity contribution in [3.8, 4) is 0 Å². The van der Waals surface area contributed by atoms with E-state index < -0.39 is 51.7 Å². The molecule has 0 saturated heterocycles. The molecule has 22 heavy (non-hydrogen) atoms. The number of aliphatic hydroxyl groups is 2. The fraction of sp³-hybridized carbons (Fsp3) is 0.333. The summed E-state index contributed by atoms with van der Waals surface area (Å²) in [5, 5.41) is 30.1. The summed E-state index contributed by atoms with van der Waals surface area (Å²) < 4.78 is 22.4. The van der Waals surface area contributed by atoms with Gasteiger partial charge in [-0.05, 0) is 6.07 Å². The Morgan fingerprint density at radius 1 is 1.27 bits per heavy atom. The van der Waals surface area contributed by atoms with Crippen LogP contribution in [0.5, 0.6) is 0 Å². The Labute approximate surface area is 123 Å². The number of benzene rings is 1. The zero-order valence-electron chi connectivity index (χ0n) is 11.5. The second-order valence-electron chi connectivity index (χ2n) is 4.05. The van der Waals surface area contributed by atoms with Gasteiger partial charge in [0.05, 0.1) is 19.1 Å². The summed E-state index contributed by atoms with van der Waals surface area (Å²) in [7, 11) is 1.88. The van der Waals surface area contributed by atoms with Crippen molar-refractivity contribution in [2.45, 2.75) is 12.2 Å². The maximum atomic E-state index is 13.9. The minimum Gasteiger partial charge on any atom is -0.467 e. The Balaban J connectivity index is 3.39. The predicted molar refractivity (Wildman–Crippen MR) is 67.4 cm³/mol. The van der Waals surface area contributed by atoms with Crippen molar-refractivity contribution in [3.05, 3.63) is 39.2 Å². The van der Waals surface area contributed by atoms with E-state index in [0.29, 0.717) is 12.1 Å². The summed E-state index contributed by atoms with van der Waals surface area (Å²) >= 11 is 0. The maximum absolute atomic E-state index is 13.9. The Bertz CT molecular complexity index is 617. The van der Waals surface area contributed by atoms with Gasteiger partial charge in [0.25, 0.3) is 5.69 Å². The van der Waals surface area contributed by atoms with Gasteiger partial charge in [-0.3, -0.25) is 10.1 Å². The van der Waals surface area contributed by atoms with Crippen molar-refractivity contribution in [3.63, 3.8) is 0 Å². The number of rotatable bonds is 5. The van der Waals surface area contributed by atoms with Crippen molar-refractivity contribution in [2.75, 3.05) is 14.2 Å². The van der Waals surface area contributed by atoms with E-state index in [4.69, 9.17) is 0 Å². The lowest BCUT2D eigenvalue weighted by Gasteiger charge is -2.17. The van der Waals surface area contributed by atoms with Crippen LogP contribution in [0, 0.1) is 15.9 Å². The van der Waals surface area contributed by atoms with Gasteiger partial charge in [-0.1, -0.05) is 0 Å². The van der Waals surface area contributed by atoms with E-state index in [-0.39, 0.29) is 0 Å². The van der Waals surface area contributed by atoms with E-state index in [9.17, 15) is 34.3 Å². The molecular weight excluding hydrogens is 305 g/mol. The van der Waals surface area contributed by atoms with Crippen LogP contribution in [0.3, 0.4) is 0 Å². The number of nitro benzene ring substituents is 1. The Hall–Kier alpha value is -2.59. The van der Waals surface area contributed by atoms with Crippen molar-refractivity contribution >= 4 is 17.6 Å². The van der Waals surface area contributed by atoms with Gasteiger partial charge in [-0.25, -0.2) is 14.0 Å². The number of aliphatic hydroxyl groups excluding tert-OH is 2. The van der Waals surface area contributed by atoms with Gasteiger partial charge in [0.2, 0.25) is 0 Å². The highest BCUT2D eigenvalue weighted by atomic mass is 19.1. The van der Waals surface area contributed by atoms with Gasteiger partial charge in [0.15, 0.2) is 6.10 Å². The molecule has 0 aliphatic rings. The highest BCUT2D eigenvalue weighted by Gasteiger charge is 2.32. The molecule has 0 radical (unpaired) electrons. The summed E-state index contributed by atoms with van der Waals surface area (Å²) in [5.41, 5.74) is -2.26. The van der Waals surface area contributed by atoms with E-state index in [1.165, 1.54) is 0 Å². The third-order valence-corrected chi connectivity index (χ3v) is 2.78. The van der Waals surface area contributed by atoms with Crippen LogP contribution in [0.4, 0.5) is 10.1 Å². The number of carbonyl (C=O) groups excluding carboxylic acids is 2. The van der Waals surface area contributed by atoms with Crippen LogP contribution >= 0.6 is 0 Å². The van der Waals surface area contributed by atoms with Gasteiger partial charge in [-0.2, -0.15) is 0 Å². The third-order valence-electron chi connectivity index (χ3n) is 2.78. The smallest absolute Gasteiger partial charge is 0.344 e. The highest BCUT2D eigenvalue weighted by molar-refractivity contribution is 5.94. The number of nitrogens with zero attached hydrogens (tertiary/aromatic N) is 1. The number of methoxy groups -OCH3 is 2. The molecular formula is C12H12FNO8. The van der Waals surface area contributed by atoms with Gasteiger partial charge in [0.1, 0.15) is 17.5 Å². The first-order valence-corrected chi connectivity index (χ1v) is 5.74. The number of nitro groups is 1. The summed E-state index contributed by atoms with van der Waals surface area (Å²) in [6.45, 7) is 0. The molecule has 0 amide bonds. The lowest BCUT2D eigenvalue weighted by molar-refractivity contribution is -0.385. The third kappa shape index (κ3) is 3.35. The minimum atomic E-state index is -2.15. The zero-order chi connectivity index (χ0) is 17.0. The average molecular weight is 317 g/mol. The monoisotopic (exact) mass is 317 g/mol. The molecule has 0 heterocycles. The number of hydrogen-bond donors (Lipinski definition) is 2.